The molecule has 0 aliphatic carbocycles. The predicted molar refractivity (Wildman–Crippen MR) is 92.7 cm³/mol. The molecule has 0 atom stereocenters. The van der Waals surface area contributed by atoms with Gasteiger partial charge in [-0.05, 0) is 36.1 Å². The molecule has 1 aromatic heterocycles. The fraction of sp³-hybridized carbons (Fsp3) is 0.294. The van der Waals surface area contributed by atoms with Crippen molar-refractivity contribution in [1.29, 1.82) is 0 Å². The molecule has 1 N–H and O–H groups in total. The van der Waals surface area contributed by atoms with Gasteiger partial charge in [0.1, 0.15) is 5.69 Å². The maximum absolute atomic E-state index is 12.3. The van der Waals surface area contributed by atoms with Gasteiger partial charge in [-0.3, -0.25) is 0 Å². The van der Waals surface area contributed by atoms with Crippen molar-refractivity contribution < 1.29 is 9.53 Å². The van der Waals surface area contributed by atoms with Gasteiger partial charge in [-0.2, -0.15) is 0 Å². The largest absolute Gasteiger partial charge is 0.480 e. The van der Waals surface area contributed by atoms with E-state index < -0.39 is 0 Å². The van der Waals surface area contributed by atoms with E-state index in [1.165, 1.54) is 12.7 Å². The third-order valence-corrected chi connectivity index (χ3v) is 4.69. The first-order valence-electron chi connectivity index (χ1n) is 7.45. The molecule has 0 spiro atoms. The minimum Gasteiger partial charge on any atom is -0.480 e. The van der Waals surface area contributed by atoms with E-state index in [0.29, 0.717) is 17.5 Å². The molecule has 1 aromatic carbocycles. The Hall–Kier alpha value is -2.08. The second-order valence-electron chi connectivity index (χ2n) is 5.56. The minimum atomic E-state index is -0.111. The highest BCUT2D eigenvalue weighted by Crippen LogP contribution is 2.26. The maximum atomic E-state index is 12.3. The number of methoxy groups -OCH3 is 1. The molecule has 6 heteroatoms. The molecule has 23 heavy (non-hydrogen) atoms. The molecule has 1 aliphatic heterocycles. The van der Waals surface area contributed by atoms with Gasteiger partial charge in [0.2, 0.25) is 5.88 Å². The molecule has 1 fully saturated rings. The number of nitrogens with one attached hydrogen (secondary N) is 1. The summed E-state index contributed by atoms with van der Waals surface area (Å²) in [5, 5.41) is 2.85. The first-order chi connectivity index (χ1) is 11.2. The second-order valence-corrected chi connectivity index (χ2v) is 6.41. The van der Waals surface area contributed by atoms with Crippen LogP contribution in [-0.4, -0.2) is 36.1 Å². The predicted octanol–water partition coefficient (Wildman–Crippen LogP) is 3.56. The second kappa shape index (κ2) is 7.00. The number of likely N-dealkylation sites (tertiary alicyclic amines) is 1. The number of amides is 2. The summed E-state index contributed by atoms with van der Waals surface area (Å²) in [5.74, 6) is 0.918. The lowest BCUT2D eigenvalue weighted by atomic mass is 9.92. The Bertz CT molecular complexity index is 702. The smallest absolute Gasteiger partial charge is 0.322 e. The van der Waals surface area contributed by atoms with Crippen LogP contribution in [0, 0.1) is 5.92 Å². The van der Waals surface area contributed by atoms with Crippen LogP contribution in [0.3, 0.4) is 0 Å². The van der Waals surface area contributed by atoms with Crippen LogP contribution in [0.25, 0.3) is 0 Å². The Balaban J connectivity index is 1.53. The zero-order valence-corrected chi connectivity index (χ0v) is 14.4. The summed E-state index contributed by atoms with van der Waals surface area (Å²) < 4.78 is 6.27. The van der Waals surface area contributed by atoms with Crippen molar-refractivity contribution in [1.82, 2.24) is 9.88 Å². The lowest BCUT2D eigenvalue weighted by molar-refractivity contribution is 0.131. The van der Waals surface area contributed by atoms with E-state index in [1.807, 2.05) is 18.2 Å². The quantitative estimate of drug-likeness (QED) is 0.888. The lowest BCUT2D eigenvalue weighted by Gasteiger charge is -2.39. The number of urea groups is 1. The Morgan fingerprint density at radius 3 is 2.87 bits per heavy atom. The van der Waals surface area contributed by atoms with Crippen LogP contribution in [0.5, 0.6) is 5.88 Å². The van der Waals surface area contributed by atoms with Gasteiger partial charge in [0.25, 0.3) is 0 Å². The summed E-state index contributed by atoms with van der Waals surface area (Å²) in [6, 6.07) is 11.7. The van der Waals surface area contributed by atoms with E-state index in [0.717, 1.165) is 24.0 Å². The van der Waals surface area contributed by atoms with Crippen LogP contribution in [0.15, 0.2) is 47.1 Å². The molecule has 2 aromatic rings. The minimum absolute atomic E-state index is 0.111. The molecular formula is C17H18BrN3O2. The Morgan fingerprint density at radius 1 is 1.35 bits per heavy atom. The molecule has 0 radical (unpaired) electrons. The number of aromatic nitrogens is 1. The van der Waals surface area contributed by atoms with Crippen molar-refractivity contribution in [3.05, 3.63) is 52.6 Å². The summed E-state index contributed by atoms with van der Waals surface area (Å²) in [6.07, 6.45) is 2.60. The highest BCUT2D eigenvalue weighted by atomic mass is 79.9. The molecule has 2 amide bonds. The van der Waals surface area contributed by atoms with Crippen molar-refractivity contribution in [2.24, 2.45) is 5.92 Å². The third-order valence-electron chi connectivity index (χ3n) is 3.92. The van der Waals surface area contributed by atoms with E-state index in [4.69, 9.17) is 4.74 Å². The Kier molecular flexibility index (Phi) is 4.81. The van der Waals surface area contributed by atoms with E-state index in [2.05, 4.69) is 32.3 Å². The lowest BCUT2D eigenvalue weighted by Crippen LogP contribution is -2.52. The van der Waals surface area contributed by atoms with Gasteiger partial charge in [0.15, 0.2) is 0 Å². The number of hydrogen-bond acceptors (Lipinski definition) is 3. The van der Waals surface area contributed by atoms with Gasteiger partial charge in [-0.25, -0.2) is 9.78 Å². The molecule has 0 unspecified atom stereocenters. The molecule has 1 aliphatic rings. The first-order valence-corrected chi connectivity index (χ1v) is 8.25. The van der Waals surface area contributed by atoms with E-state index in [1.54, 1.807) is 23.2 Å². The molecule has 3 rings (SSSR count). The van der Waals surface area contributed by atoms with Crippen LogP contribution < -0.4 is 10.1 Å². The molecule has 5 nitrogen and oxygen atoms in total. The SMILES string of the molecule is COc1ncccc1NC(=O)N1CC(Cc2ccccc2Br)C1. The first kappa shape index (κ1) is 15.8. The van der Waals surface area contributed by atoms with Crippen molar-refractivity contribution in [2.45, 2.75) is 6.42 Å². The summed E-state index contributed by atoms with van der Waals surface area (Å²) in [6.45, 7) is 1.52. The molecule has 120 valence electrons. The standard InChI is InChI=1S/C17H18BrN3O2/c1-23-16-15(7-4-8-19-16)20-17(22)21-10-12(11-21)9-13-5-2-3-6-14(13)18/h2-8,12H,9-11H2,1H3,(H,20,22). The highest BCUT2D eigenvalue weighted by molar-refractivity contribution is 9.10. The number of benzene rings is 1. The van der Waals surface area contributed by atoms with Crippen molar-refractivity contribution in [3.63, 3.8) is 0 Å². The number of carbonyl (C=O) groups excluding carboxylic acids is 1. The zero-order valence-electron chi connectivity index (χ0n) is 12.8. The molecule has 2 heterocycles. The van der Waals surface area contributed by atoms with Gasteiger partial charge >= 0.3 is 6.03 Å². The summed E-state index contributed by atoms with van der Waals surface area (Å²) >= 11 is 3.57. The summed E-state index contributed by atoms with van der Waals surface area (Å²) in [4.78, 5) is 18.1. The average Bonchev–Trinajstić information content (AvgIpc) is 2.52. The molecule has 1 saturated heterocycles. The van der Waals surface area contributed by atoms with Crippen LogP contribution in [0.4, 0.5) is 10.5 Å². The third kappa shape index (κ3) is 3.64. The fourth-order valence-corrected chi connectivity index (χ4v) is 3.13. The van der Waals surface area contributed by atoms with E-state index >= 15 is 0 Å². The molecular weight excluding hydrogens is 358 g/mol. The number of nitrogens with zero attached hydrogens (tertiary/aromatic N) is 2. The number of carbonyl (C=O) groups is 1. The topological polar surface area (TPSA) is 54.5 Å². The van der Waals surface area contributed by atoms with Gasteiger partial charge in [-0.15, -0.1) is 0 Å². The van der Waals surface area contributed by atoms with Crippen LogP contribution >= 0.6 is 15.9 Å². The zero-order chi connectivity index (χ0) is 16.2. The number of pyridine rings is 1. The summed E-state index contributed by atoms with van der Waals surface area (Å²) in [7, 11) is 1.54. The maximum Gasteiger partial charge on any atom is 0.322 e. The van der Waals surface area contributed by atoms with Crippen LogP contribution in [-0.2, 0) is 6.42 Å². The van der Waals surface area contributed by atoms with Gasteiger partial charge in [0.05, 0.1) is 7.11 Å². The van der Waals surface area contributed by atoms with Crippen LogP contribution in [0.1, 0.15) is 5.56 Å². The Morgan fingerprint density at radius 2 is 2.13 bits per heavy atom. The van der Waals surface area contributed by atoms with Crippen molar-refractivity contribution in [2.75, 3.05) is 25.5 Å². The average molecular weight is 376 g/mol. The van der Waals surface area contributed by atoms with Gasteiger partial charge in [0, 0.05) is 23.8 Å². The number of hydrogen-bond donors (Lipinski definition) is 1. The van der Waals surface area contributed by atoms with Gasteiger partial charge < -0.3 is 15.0 Å². The number of rotatable bonds is 4. The normalized spacial score (nSPS) is 14.3. The number of halogens is 1. The molecule has 0 bridgehead atoms. The summed E-state index contributed by atoms with van der Waals surface area (Å²) in [5.41, 5.74) is 1.88. The van der Waals surface area contributed by atoms with E-state index in [9.17, 15) is 4.79 Å². The van der Waals surface area contributed by atoms with Crippen molar-refractivity contribution in [3.8, 4) is 5.88 Å². The number of anilines is 1. The monoisotopic (exact) mass is 375 g/mol. The Labute approximate surface area is 143 Å². The highest BCUT2D eigenvalue weighted by Gasteiger charge is 2.31. The van der Waals surface area contributed by atoms with Crippen molar-refractivity contribution >= 4 is 27.6 Å². The fourth-order valence-electron chi connectivity index (χ4n) is 2.68. The van der Waals surface area contributed by atoms with E-state index in [-0.39, 0.29) is 6.03 Å². The van der Waals surface area contributed by atoms with Gasteiger partial charge in [-0.1, -0.05) is 34.1 Å². The number of ether oxygens (including phenoxy) is 1. The molecule has 0 saturated carbocycles. The van der Waals surface area contributed by atoms with Crippen LogP contribution in [0.2, 0.25) is 0 Å².